The van der Waals surface area contributed by atoms with Crippen LogP contribution in [-0.4, -0.2) is 26.7 Å². The van der Waals surface area contributed by atoms with Crippen molar-refractivity contribution in [2.45, 2.75) is 12.5 Å². The third-order valence-corrected chi connectivity index (χ3v) is 5.30. The van der Waals surface area contributed by atoms with Gasteiger partial charge < -0.3 is 19.5 Å². The number of amides is 1. The molecular formula is C18H17Br2NO4. The first-order chi connectivity index (χ1) is 12.0. The molecule has 1 atom stereocenters. The van der Waals surface area contributed by atoms with Gasteiger partial charge in [0, 0.05) is 22.0 Å². The first-order valence-corrected chi connectivity index (χ1v) is 9.26. The van der Waals surface area contributed by atoms with Crippen LogP contribution in [0.5, 0.6) is 17.2 Å². The molecule has 0 bridgehead atoms. The van der Waals surface area contributed by atoms with Gasteiger partial charge >= 0.3 is 0 Å². The van der Waals surface area contributed by atoms with Crippen molar-refractivity contribution in [3.8, 4) is 17.2 Å². The van der Waals surface area contributed by atoms with Crippen molar-refractivity contribution in [3.05, 3.63) is 50.4 Å². The third-order valence-electron chi connectivity index (χ3n) is 4.02. The zero-order valence-corrected chi connectivity index (χ0v) is 16.9. The zero-order valence-electron chi connectivity index (χ0n) is 13.8. The van der Waals surface area contributed by atoms with E-state index in [2.05, 4.69) is 37.2 Å². The highest BCUT2D eigenvalue weighted by Crippen LogP contribution is 2.37. The topological polar surface area (TPSA) is 56.8 Å². The normalized spacial score (nSPS) is 15.8. The second-order valence-corrected chi connectivity index (χ2v) is 7.25. The molecule has 1 aliphatic rings. The Labute approximate surface area is 162 Å². The Balaban J connectivity index is 1.88. The van der Waals surface area contributed by atoms with Gasteiger partial charge in [-0.25, -0.2) is 0 Å². The van der Waals surface area contributed by atoms with Crippen LogP contribution in [0, 0.1) is 0 Å². The van der Waals surface area contributed by atoms with Crippen LogP contribution in [0.4, 0.5) is 0 Å². The van der Waals surface area contributed by atoms with E-state index in [1.54, 1.807) is 26.4 Å². The zero-order chi connectivity index (χ0) is 18.0. The molecule has 0 aliphatic carbocycles. The largest absolute Gasteiger partial charge is 0.495 e. The molecule has 1 aliphatic heterocycles. The third kappa shape index (κ3) is 3.77. The lowest BCUT2D eigenvalue weighted by molar-refractivity contribution is 0.0924. The van der Waals surface area contributed by atoms with Crippen LogP contribution in [0.1, 0.15) is 28.4 Å². The standard InChI is InChI=1S/C18H17Br2NO4/c1-23-15-7-10(8-16(24-2)17(15)20)18(22)21-13-5-6-25-14-4-3-11(19)9-12(13)14/h3-4,7-9,13H,5-6H2,1-2H3,(H,21,22). The smallest absolute Gasteiger partial charge is 0.252 e. The fraction of sp³-hybridized carbons (Fsp3) is 0.278. The number of rotatable bonds is 4. The molecule has 1 N–H and O–H groups in total. The molecule has 3 rings (SSSR count). The van der Waals surface area contributed by atoms with Gasteiger partial charge in [0.15, 0.2) is 0 Å². The molecule has 7 heteroatoms. The maximum absolute atomic E-state index is 12.8. The molecule has 0 saturated heterocycles. The van der Waals surface area contributed by atoms with E-state index in [9.17, 15) is 4.79 Å². The Kier molecular flexibility index (Phi) is 5.54. The van der Waals surface area contributed by atoms with E-state index in [1.807, 2.05) is 18.2 Å². The molecule has 0 aromatic heterocycles. The molecule has 1 unspecified atom stereocenters. The van der Waals surface area contributed by atoms with Crippen molar-refractivity contribution in [3.63, 3.8) is 0 Å². The highest BCUT2D eigenvalue weighted by Gasteiger charge is 2.24. The molecule has 5 nitrogen and oxygen atoms in total. The average Bonchev–Trinajstić information content (AvgIpc) is 2.62. The summed E-state index contributed by atoms with van der Waals surface area (Å²) in [6, 6.07) is 9.06. The lowest BCUT2D eigenvalue weighted by atomic mass is 10.00. The first kappa shape index (κ1) is 18.1. The minimum Gasteiger partial charge on any atom is -0.495 e. The first-order valence-electron chi connectivity index (χ1n) is 7.68. The van der Waals surface area contributed by atoms with Crippen molar-refractivity contribution in [2.75, 3.05) is 20.8 Å². The highest BCUT2D eigenvalue weighted by molar-refractivity contribution is 9.11. The lowest BCUT2D eigenvalue weighted by Gasteiger charge is -2.27. The summed E-state index contributed by atoms with van der Waals surface area (Å²) in [5, 5.41) is 3.07. The van der Waals surface area contributed by atoms with Gasteiger partial charge in [0.05, 0.1) is 26.9 Å². The Morgan fingerprint density at radius 2 is 1.84 bits per heavy atom. The number of benzene rings is 2. The molecule has 0 fully saturated rings. The fourth-order valence-electron chi connectivity index (χ4n) is 2.76. The summed E-state index contributed by atoms with van der Waals surface area (Å²) in [4.78, 5) is 12.8. The second-order valence-electron chi connectivity index (χ2n) is 5.54. The highest BCUT2D eigenvalue weighted by atomic mass is 79.9. The van der Waals surface area contributed by atoms with Crippen LogP contribution in [0.15, 0.2) is 39.3 Å². The fourth-order valence-corrected chi connectivity index (χ4v) is 3.69. The summed E-state index contributed by atoms with van der Waals surface area (Å²) in [6.07, 6.45) is 0.708. The number of hydrogen-bond donors (Lipinski definition) is 1. The second kappa shape index (κ2) is 7.66. The molecule has 25 heavy (non-hydrogen) atoms. The molecule has 2 aromatic rings. The minimum absolute atomic E-state index is 0.116. The van der Waals surface area contributed by atoms with E-state index in [4.69, 9.17) is 14.2 Å². The van der Waals surface area contributed by atoms with Crippen molar-refractivity contribution in [2.24, 2.45) is 0 Å². The van der Waals surface area contributed by atoms with Crippen LogP contribution >= 0.6 is 31.9 Å². The van der Waals surface area contributed by atoms with Gasteiger partial charge in [0.1, 0.15) is 21.7 Å². The summed E-state index contributed by atoms with van der Waals surface area (Å²) >= 11 is 6.88. The molecule has 0 saturated carbocycles. The molecular weight excluding hydrogens is 454 g/mol. The predicted octanol–water partition coefficient (Wildman–Crippen LogP) is 4.48. The van der Waals surface area contributed by atoms with Crippen molar-refractivity contribution in [1.29, 1.82) is 0 Å². The van der Waals surface area contributed by atoms with Gasteiger partial charge in [-0.2, -0.15) is 0 Å². The van der Waals surface area contributed by atoms with Crippen LogP contribution in [0.25, 0.3) is 0 Å². The van der Waals surface area contributed by atoms with Crippen molar-refractivity contribution in [1.82, 2.24) is 5.32 Å². The van der Waals surface area contributed by atoms with Crippen LogP contribution < -0.4 is 19.5 Å². The summed E-state index contributed by atoms with van der Waals surface area (Å²) in [5.41, 5.74) is 1.44. The van der Waals surface area contributed by atoms with Crippen LogP contribution in [-0.2, 0) is 0 Å². The maximum Gasteiger partial charge on any atom is 0.252 e. The van der Waals surface area contributed by atoms with E-state index in [0.29, 0.717) is 34.6 Å². The van der Waals surface area contributed by atoms with Gasteiger partial charge in [-0.3, -0.25) is 4.79 Å². The molecule has 0 spiro atoms. The van der Waals surface area contributed by atoms with E-state index in [-0.39, 0.29) is 11.9 Å². The Morgan fingerprint density at radius 3 is 2.48 bits per heavy atom. The number of carbonyl (C=O) groups is 1. The Hall–Kier alpha value is -1.73. The van der Waals surface area contributed by atoms with Crippen LogP contribution in [0.3, 0.4) is 0 Å². The lowest BCUT2D eigenvalue weighted by Crippen LogP contribution is -2.32. The van der Waals surface area contributed by atoms with E-state index >= 15 is 0 Å². The van der Waals surface area contributed by atoms with E-state index in [0.717, 1.165) is 15.8 Å². The number of methoxy groups -OCH3 is 2. The molecule has 1 heterocycles. The number of carbonyl (C=O) groups excluding carboxylic acids is 1. The van der Waals surface area contributed by atoms with E-state index < -0.39 is 0 Å². The monoisotopic (exact) mass is 469 g/mol. The summed E-state index contributed by atoms with van der Waals surface area (Å²) in [7, 11) is 3.10. The van der Waals surface area contributed by atoms with Gasteiger partial charge in [-0.05, 0) is 46.3 Å². The molecule has 132 valence electrons. The van der Waals surface area contributed by atoms with Crippen LogP contribution in [0.2, 0.25) is 0 Å². The van der Waals surface area contributed by atoms with Gasteiger partial charge in [-0.15, -0.1) is 0 Å². The van der Waals surface area contributed by atoms with Gasteiger partial charge in [0.25, 0.3) is 5.91 Å². The van der Waals surface area contributed by atoms with Gasteiger partial charge in [-0.1, -0.05) is 15.9 Å². The predicted molar refractivity (Wildman–Crippen MR) is 102 cm³/mol. The number of halogens is 2. The number of nitrogens with one attached hydrogen (secondary N) is 1. The molecule has 1 amide bonds. The van der Waals surface area contributed by atoms with Crippen molar-refractivity contribution < 1.29 is 19.0 Å². The summed E-state index contributed by atoms with van der Waals surface area (Å²) in [5.74, 6) is 1.69. The Bertz CT molecular complexity index is 785. The maximum atomic E-state index is 12.8. The number of fused-ring (bicyclic) bond motifs is 1. The number of ether oxygens (including phenoxy) is 3. The van der Waals surface area contributed by atoms with Crippen molar-refractivity contribution >= 4 is 37.8 Å². The average molecular weight is 471 g/mol. The Morgan fingerprint density at radius 1 is 1.16 bits per heavy atom. The molecule has 2 aromatic carbocycles. The number of hydrogen-bond acceptors (Lipinski definition) is 4. The SMILES string of the molecule is COc1cc(C(=O)NC2CCOc3ccc(Br)cc32)cc(OC)c1Br. The molecule has 0 radical (unpaired) electrons. The minimum atomic E-state index is -0.193. The summed E-state index contributed by atoms with van der Waals surface area (Å²) < 4.78 is 17.9. The van der Waals surface area contributed by atoms with Gasteiger partial charge in [0.2, 0.25) is 0 Å². The summed E-state index contributed by atoms with van der Waals surface area (Å²) in [6.45, 7) is 0.562. The van der Waals surface area contributed by atoms with E-state index in [1.165, 1.54) is 0 Å². The quantitative estimate of drug-likeness (QED) is 0.715.